The molecule has 0 aliphatic heterocycles. The van der Waals surface area contributed by atoms with E-state index < -0.39 is 0 Å². The molecule has 2 fully saturated rings. The molecule has 4 rings (SSSR count). The van der Waals surface area contributed by atoms with Crippen molar-refractivity contribution in [3.05, 3.63) is 35.4 Å². The molecular formula is C19H27N. The topological polar surface area (TPSA) is 12.0 Å². The fraction of sp³-hybridized carbons (Fsp3) is 0.684. The molecule has 20 heavy (non-hydrogen) atoms. The van der Waals surface area contributed by atoms with Crippen LogP contribution in [0.15, 0.2) is 24.3 Å². The van der Waals surface area contributed by atoms with Crippen LogP contribution in [0, 0.1) is 5.41 Å². The number of benzene rings is 1. The minimum absolute atomic E-state index is 0.704. The van der Waals surface area contributed by atoms with E-state index in [1.807, 2.05) is 0 Å². The molecule has 1 N–H and O–H groups in total. The molecule has 3 aliphatic rings. The smallest absolute Gasteiger partial charge is 0.0151 e. The summed E-state index contributed by atoms with van der Waals surface area (Å²) in [4.78, 5) is 0. The van der Waals surface area contributed by atoms with E-state index in [1.54, 1.807) is 11.1 Å². The molecule has 0 bridgehead atoms. The van der Waals surface area contributed by atoms with Gasteiger partial charge in [0.2, 0.25) is 0 Å². The first-order valence-corrected chi connectivity index (χ1v) is 8.66. The van der Waals surface area contributed by atoms with Crippen LogP contribution in [0.5, 0.6) is 0 Å². The van der Waals surface area contributed by atoms with E-state index in [9.17, 15) is 0 Å². The van der Waals surface area contributed by atoms with Gasteiger partial charge in [-0.3, -0.25) is 0 Å². The van der Waals surface area contributed by atoms with Crippen molar-refractivity contribution < 1.29 is 0 Å². The molecule has 1 spiro atoms. The Bertz CT molecular complexity index is 437. The minimum Gasteiger partial charge on any atom is -0.311 e. The number of rotatable bonds is 2. The largest absolute Gasteiger partial charge is 0.311 e. The minimum atomic E-state index is 0.704. The standard InChI is InChI=1S/C19H27N/c1-2-6-16-14-18(13-15(16)5-1)20-17-7-11-19(12-8-17)9-3-4-10-19/h1-2,5-6,17-18,20H,3-4,7-14H2. The normalized spacial score (nSPS) is 26.2. The van der Waals surface area contributed by atoms with Crippen molar-refractivity contribution >= 4 is 0 Å². The second-order valence-corrected chi connectivity index (χ2v) is 7.52. The highest BCUT2D eigenvalue weighted by atomic mass is 15.0. The maximum atomic E-state index is 3.97. The van der Waals surface area contributed by atoms with Crippen LogP contribution >= 0.6 is 0 Å². The van der Waals surface area contributed by atoms with Gasteiger partial charge in [-0.15, -0.1) is 0 Å². The van der Waals surface area contributed by atoms with Gasteiger partial charge in [-0.1, -0.05) is 37.1 Å². The maximum Gasteiger partial charge on any atom is 0.0151 e. The summed E-state index contributed by atoms with van der Waals surface area (Å²) in [5, 5.41) is 3.97. The predicted molar refractivity (Wildman–Crippen MR) is 83.9 cm³/mol. The van der Waals surface area contributed by atoms with Gasteiger partial charge in [0, 0.05) is 12.1 Å². The zero-order valence-electron chi connectivity index (χ0n) is 12.5. The molecule has 2 saturated carbocycles. The lowest BCUT2D eigenvalue weighted by atomic mass is 9.71. The number of fused-ring (bicyclic) bond motifs is 1. The molecule has 3 aliphatic carbocycles. The second-order valence-electron chi connectivity index (χ2n) is 7.52. The lowest BCUT2D eigenvalue weighted by molar-refractivity contribution is 0.163. The molecule has 1 aromatic rings. The molecule has 0 heterocycles. The predicted octanol–water partition coefficient (Wildman–Crippen LogP) is 4.25. The molecule has 1 nitrogen and oxygen atoms in total. The first-order chi connectivity index (χ1) is 9.83. The van der Waals surface area contributed by atoms with Crippen molar-refractivity contribution in [1.29, 1.82) is 0 Å². The van der Waals surface area contributed by atoms with Gasteiger partial charge in [0.15, 0.2) is 0 Å². The van der Waals surface area contributed by atoms with E-state index in [4.69, 9.17) is 0 Å². The molecule has 0 aromatic heterocycles. The van der Waals surface area contributed by atoms with E-state index in [1.165, 1.54) is 64.2 Å². The highest BCUT2D eigenvalue weighted by Gasteiger charge is 2.38. The summed E-state index contributed by atoms with van der Waals surface area (Å²) < 4.78 is 0. The SMILES string of the molecule is c1ccc2c(c1)CC(NC1CCC3(CCCC3)CC1)C2. The summed E-state index contributed by atoms with van der Waals surface area (Å²) in [6.45, 7) is 0. The molecule has 0 atom stereocenters. The Kier molecular flexibility index (Phi) is 3.34. The first kappa shape index (κ1) is 12.9. The highest BCUT2D eigenvalue weighted by Crippen LogP contribution is 2.49. The van der Waals surface area contributed by atoms with Crippen LogP contribution in [0.3, 0.4) is 0 Å². The highest BCUT2D eigenvalue weighted by molar-refractivity contribution is 5.33. The Morgan fingerprint density at radius 3 is 2.00 bits per heavy atom. The van der Waals surface area contributed by atoms with Gasteiger partial charge in [0.25, 0.3) is 0 Å². The molecule has 0 saturated heterocycles. The summed E-state index contributed by atoms with van der Waals surface area (Å²) in [6.07, 6.45) is 14.4. The summed E-state index contributed by atoms with van der Waals surface area (Å²) in [5.41, 5.74) is 3.93. The van der Waals surface area contributed by atoms with Crippen molar-refractivity contribution in [2.45, 2.75) is 76.3 Å². The molecular weight excluding hydrogens is 242 g/mol. The van der Waals surface area contributed by atoms with Gasteiger partial charge in [0.05, 0.1) is 0 Å². The summed E-state index contributed by atoms with van der Waals surface area (Å²) in [7, 11) is 0. The summed E-state index contributed by atoms with van der Waals surface area (Å²) in [5.74, 6) is 0. The van der Waals surface area contributed by atoms with Crippen molar-refractivity contribution in [1.82, 2.24) is 5.32 Å². The van der Waals surface area contributed by atoms with E-state index in [2.05, 4.69) is 29.6 Å². The van der Waals surface area contributed by atoms with Gasteiger partial charge >= 0.3 is 0 Å². The molecule has 108 valence electrons. The zero-order valence-corrected chi connectivity index (χ0v) is 12.5. The average Bonchev–Trinajstić information content (AvgIpc) is 3.08. The van der Waals surface area contributed by atoms with Crippen LogP contribution in [0.25, 0.3) is 0 Å². The van der Waals surface area contributed by atoms with Crippen molar-refractivity contribution in [3.63, 3.8) is 0 Å². The van der Waals surface area contributed by atoms with Crippen LogP contribution in [0.2, 0.25) is 0 Å². The van der Waals surface area contributed by atoms with Gasteiger partial charge in [-0.25, -0.2) is 0 Å². The van der Waals surface area contributed by atoms with E-state index in [0.717, 1.165) is 11.5 Å². The second kappa shape index (κ2) is 5.18. The van der Waals surface area contributed by atoms with Crippen LogP contribution in [0.4, 0.5) is 0 Å². The number of nitrogens with one attached hydrogen (secondary N) is 1. The van der Waals surface area contributed by atoms with Gasteiger partial charge in [0.1, 0.15) is 0 Å². The van der Waals surface area contributed by atoms with Crippen LogP contribution in [-0.2, 0) is 12.8 Å². The van der Waals surface area contributed by atoms with E-state index in [0.29, 0.717) is 6.04 Å². The monoisotopic (exact) mass is 269 g/mol. The Hall–Kier alpha value is -0.820. The van der Waals surface area contributed by atoms with Crippen LogP contribution < -0.4 is 5.32 Å². The third-order valence-corrected chi connectivity index (χ3v) is 6.23. The molecule has 1 heteroatoms. The van der Waals surface area contributed by atoms with Gasteiger partial charge in [-0.05, 0) is 67.9 Å². The Morgan fingerprint density at radius 1 is 0.800 bits per heavy atom. The fourth-order valence-electron chi connectivity index (χ4n) is 5.03. The number of hydrogen-bond acceptors (Lipinski definition) is 1. The molecule has 1 aromatic carbocycles. The zero-order chi connectivity index (χ0) is 13.4. The average molecular weight is 269 g/mol. The van der Waals surface area contributed by atoms with Gasteiger partial charge < -0.3 is 5.32 Å². The Morgan fingerprint density at radius 2 is 1.40 bits per heavy atom. The van der Waals surface area contributed by atoms with Crippen molar-refractivity contribution in [3.8, 4) is 0 Å². The van der Waals surface area contributed by atoms with E-state index >= 15 is 0 Å². The van der Waals surface area contributed by atoms with Crippen molar-refractivity contribution in [2.24, 2.45) is 5.41 Å². The van der Waals surface area contributed by atoms with E-state index in [-0.39, 0.29) is 0 Å². The first-order valence-electron chi connectivity index (χ1n) is 8.66. The Labute approximate surface area is 123 Å². The summed E-state index contributed by atoms with van der Waals surface area (Å²) >= 11 is 0. The van der Waals surface area contributed by atoms with Gasteiger partial charge in [-0.2, -0.15) is 0 Å². The lowest BCUT2D eigenvalue weighted by Crippen LogP contribution is -2.42. The molecule has 0 unspecified atom stereocenters. The third-order valence-electron chi connectivity index (χ3n) is 6.23. The summed E-state index contributed by atoms with van der Waals surface area (Å²) in [6, 6.07) is 10.5. The molecule has 0 amide bonds. The lowest BCUT2D eigenvalue weighted by Gasteiger charge is -2.38. The van der Waals surface area contributed by atoms with Crippen LogP contribution in [-0.4, -0.2) is 12.1 Å². The van der Waals surface area contributed by atoms with Crippen LogP contribution in [0.1, 0.15) is 62.5 Å². The third kappa shape index (κ3) is 2.41. The van der Waals surface area contributed by atoms with Crippen molar-refractivity contribution in [2.75, 3.05) is 0 Å². The molecule has 0 radical (unpaired) electrons. The number of hydrogen-bond donors (Lipinski definition) is 1. The quantitative estimate of drug-likeness (QED) is 0.846. The maximum absolute atomic E-state index is 3.97. The Balaban J connectivity index is 1.31. The fourth-order valence-corrected chi connectivity index (χ4v) is 5.03.